The van der Waals surface area contributed by atoms with Crippen LogP contribution in [0.4, 0.5) is 0 Å². The van der Waals surface area contributed by atoms with Crippen molar-refractivity contribution in [1.82, 2.24) is 10.2 Å². The van der Waals surface area contributed by atoms with Gasteiger partial charge in [-0.25, -0.2) is 0 Å². The van der Waals surface area contributed by atoms with Crippen molar-refractivity contribution >= 4 is 0 Å². The summed E-state index contributed by atoms with van der Waals surface area (Å²) >= 11 is 0. The standard InChI is InChI=1S/C13H20N2/c1-15(2)8-6-11-3-4-12-5-7-14-10-13(12)9-11/h3-4,9,14H,5-8,10H2,1-2H3. The average Bonchev–Trinajstić information content (AvgIpc) is 2.26. The van der Waals surface area contributed by atoms with Gasteiger partial charge in [-0.15, -0.1) is 0 Å². The molecule has 0 fully saturated rings. The highest BCUT2D eigenvalue weighted by Crippen LogP contribution is 2.16. The summed E-state index contributed by atoms with van der Waals surface area (Å²) in [4.78, 5) is 2.23. The lowest BCUT2D eigenvalue weighted by atomic mass is 9.97. The Balaban J connectivity index is 2.07. The molecule has 1 heterocycles. The van der Waals surface area contributed by atoms with Crippen LogP contribution in [0.1, 0.15) is 16.7 Å². The smallest absolute Gasteiger partial charge is 0.0208 e. The van der Waals surface area contributed by atoms with Crippen LogP contribution in [0.2, 0.25) is 0 Å². The van der Waals surface area contributed by atoms with Crippen LogP contribution in [0.15, 0.2) is 18.2 Å². The summed E-state index contributed by atoms with van der Waals surface area (Å²) in [6.45, 7) is 3.31. The highest BCUT2D eigenvalue weighted by Gasteiger charge is 2.08. The Kier molecular flexibility index (Phi) is 3.39. The lowest BCUT2D eigenvalue weighted by Gasteiger charge is -2.18. The molecular weight excluding hydrogens is 184 g/mol. The van der Waals surface area contributed by atoms with Crippen molar-refractivity contribution in [2.75, 3.05) is 27.2 Å². The highest BCUT2D eigenvalue weighted by atomic mass is 15.0. The van der Waals surface area contributed by atoms with Crippen LogP contribution in [0.3, 0.4) is 0 Å². The zero-order chi connectivity index (χ0) is 10.7. The number of hydrogen-bond donors (Lipinski definition) is 1. The van der Waals surface area contributed by atoms with Gasteiger partial charge in [0.25, 0.3) is 0 Å². The van der Waals surface area contributed by atoms with Crippen molar-refractivity contribution in [1.29, 1.82) is 0 Å². The molecule has 0 saturated heterocycles. The molecule has 0 saturated carbocycles. The quantitative estimate of drug-likeness (QED) is 0.801. The number of likely N-dealkylation sites (N-methyl/N-ethyl adjacent to an activating group) is 1. The predicted octanol–water partition coefficient (Wildman–Crippen LogP) is 1.44. The first-order chi connectivity index (χ1) is 7.25. The lowest BCUT2D eigenvalue weighted by Crippen LogP contribution is -2.23. The predicted molar refractivity (Wildman–Crippen MR) is 64.1 cm³/mol. The van der Waals surface area contributed by atoms with Gasteiger partial charge in [0.1, 0.15) is 0 Å². The summed E-state index contributed by atoms with van der Waals surface area (Å²) in [5.41, 5.74) is 4.49. The Morgan fingerprint density at radius 2 is 2.13 bits per heavy atom. The Labute approximate surface area is 92.3 Å². The van der Waals surface area contributed by atoms with Crippen molar-refractivity contribution < 1.29 is 0 Å². The van der Waals surface area contributed by atoms with Crippen molar-refractivity contribution in [2.45, 2.75) is 19.4 Å². The molecule has 2 rings (SSSR count). The number of hydrogen-bond acceptors (Lipinski definition) is 2. The Bertz CT molecular complexity index is 331. The molecule has 0 atom stereocenters. The van der Waals surface area contributed by atoms with Gasteiger partial charge in [0.2, 0.25) is 0 Å². The molecule has 1 aromatic carbocycles. The van der Waals surface area contributed by atoms with Crippen molar-refractivity contribution in [3.8, 4) is 0 Å². The normalized spacial score (nSPS) is 15.4. The highest BCUT2D eigenvalue weighted by molar-refractivity contribution is 5.33. The lowest BCUT2D eigenvalue weighted by molar-refractivity contribution is 0.413. The van der Waals surface area contributed by atoms with Gasteiger partial charge < -0.3 is 10.2 Å². The van der Waals surface area contributed by atoms with Crippen LogP contribution in [-0.2, 0) is 19.4 Å². The fourth-order valence-corrected chi connectivity index (χ4v) is 2.04. The third-order valence-electron chi connectivity index (χ3n) is 3.00. The van der Waals surface area contributed by atoms with E-state index in [2.05, 4.69) is 42.5 Å². The van der Waals surface area contributed by atoms with E-state index in [0.717, 1.165) is 26.1 Å². The SMILES string of the molecule is CN(C)CCc1ccc2c(c1)CNCC2. The van der Waals surface area contributed by atoms with E-state index in [4.69, 9.17) is 0 Å². The zero-order valence-electron chi connectivity index (χ0n) is 9.71. The van der Waals surface area contributed by atoms with Crippen molar-refractivity contribution in [3.63, 3.8) is 0 Å². The second kappa shape index (κ2) is 4.77. The van der Waals surface area contributed by atoms with Gasteiger partial charge in [-0.05, 0) is 50.2 Å². The third-order valence-corrected chi connectivity index (χ3v) is 3.00. The van der Waals surface area contributed by atoms with E-state index in [1.165, 1.54) is 23.1 Å². The topological polar surface area (TPSA) is 15.3 Å². The monoisotopic (exact) mass is 204 g/mol. The number of fused-ring (bicyclic) bond motifs is 1. The number of nitrogens with one attached hydrogen (secondary N) is 1. The van der Waals surface area contributed by atoms with E-state index in [0.29, 0.717) is 0 Å². The number of nitrogens with zero attached hydrogens (tertiary/aromatic N) is 1. The molecule has 0 unspecified atom stereocenters. The minimum atomic E-state index is 1.05. The first kappa shape index (κ1) is 10.7. The molecule has 1 aromatic rings. The van der Waals surface area contributed by atoms with Gasteiger partial charge in [-0.3, -0.25) is 0 Å². The maximum Gasteiger partial charge on any atom is 0.0208 e. The molecule has 15 heavy (non-hydrogen) atoms. The molecule has 0 bridgehead atoms. The second-order valence-corrected chi connectivity index (χ2v) is 4.58. The molecule has 0 spiro atoms. The van der Waals surface area contributed by atoms with E-state index >= 15 is 0 Å². The first-order valence-electron chi connectivity index (χ1n) is 5.72. The van der Waals surface area contributed by atoms with E-state index in [9.17, 15) is 0 Å². The summed E-state index contributed by atoms with van der Waals surface area (Å²) in [5.74, 6) is 0. The van der Waals surface area contributed by atoms with Crippen LogP contribution in [0, 0.1) is 0 Å². The number of rotatable bonds is 3. The summed E-state index contributed by atoms with van der Waals surface area (Å²) in [6.07, 6.45) is 2.34. The molecule has 2 nitrogen and oxygen atoms in total. The van der Waals surface area contributed by atoms with E-state index in [1.807, 2.05) is 0 Å². The van der Waals surface area contributed by atoms with E-state index in [-0.39, 0.29) is 0 Å². The minimum Gasteiger partial charge on any atom is -0.312 e. The summed E-state index contributed by atoms with van der Waals surface area (Å²) in [5, 5.41) is 3.42. The molecular formula is C13H20N2. The maximum atomic E-state index is 3.42. The largest absolute Gasteiger partial charge is 0.312 e. The van der Waals surface area contributed by atoms with Crippen LogP contribution in [-0.4, -0.2) is 32.1 Å². The molecule has 2 heteroatoms. The van der Waals surface area contributed by atoms with Crippen LogP contribution < -0.4 is 5.32 Å². The minimum absolute atomic E-state index is 1.05. The maximum absolute atomic E-state index is 3.42. The van der Waals surface area contributed by atoms with E-state index < -0.39 is 0 Å². The molecule has 0 amide bonds. The van der Waals surface area contributed by atoms with Crippen molar-refractivity contribution in [2.24, 2.45) is 0 Å². The summed E-state index contributed by atoms with van der Waals surface area (Å²) in [6, 6.07) is 6.96. The van der Waals surface area contributed by atoms with Crippen LogP contribution in [0.25, 0.3) is 0 Å². The molecule has 1 N–H and O–H groups in total. The molecule has 0 radical (unpaired) electrons. The zero-order valence-corrected chi connectivity index (χ0v) is 9.71. The van der Waals surface area contributed by atoms with Gasteiger partial charge in [-0.1, -0.05) is 18.2 Å². The van der Waals surface area contributed by atoms with Gasteiger partial charge in [0, 0.05) is 13.1 Å². The second-order valence-electron chi connectivity index (χ2n) is 4.58. The van der Waals surface area contributed by atoms with Crippen molar-refractivity contribution in [3.05, 3.63) is 34.9 Å². The molecule has 0 aliphatic carbocycles. The molecule has 0 aromatic heterocycles. The Hall–Kier alpha value is -0.860. The fraction of sp³-hybridized carbons (Fsp3) is 0.538. The third kappa shape index (κ3) is 2.80. The summed E-state index contributed by atoms with van der Waals surface area (Å²) < 4.78 is 0. The van der Waals surface area contributed by atoms with Gasteiger partial charge >= 0.3 is 0 Å². The average molecular weight is 204 g/mol. The Morgan fingerprint density at radius 3 is 2.93 bits per heavy atom. The summed E-state index contributed by atoms with van der Waals surface area (Å²) in [7, 11) is 4.25. The number of benzene rings is 1. The van der Waals surface area contributed by atoms with Crippen LogP contribution in [0.5, 0.6) is 0 Å². The molecule has 1 aliphatic rings. The Morgan fingerprint density at radius 1 is 1.27 bits per heavy atom. The van der Waals surface area contributed by atoms with E-state index in [1.54, 1.807) is 0 Å². The van der Waals surface area contributed by atoms with Gasteiger partial charge in [-0.2, -0.15) is 0 Å². The van der Waals surface area contributed by atoms with Gasteiger partial charge in [0.05, 0.1) is 0 Å². The fourth-order valence-electron chi connectivity index (χ4n) is 2.04. The van der Waals surface area contributed by atoms with Crippen LogP contribution >= 0.6 is 0 Å². The molecule has 82 valence electrons. The molecule has 1 aliphatic heterocycles. The van der Waals surface area contributed by atoms with Gasteiger partial charge in [0.15, 0.2) is 0 Å². The first-order valence-corrected chi connectivity index (χ1v) is 5.72.